The minimum absolute atomic E-state index is 0.209. The number of rotatable bonds is 2. The molecule has 0 radical (unpaired) electrons. The Kier molecular flexibility index (Phi) is 3.10. The molecule has 1 heterocycles. The highest BCUT2D eigenvalue weighted by Gasteiger charge is 2.32. The van der Waals surface area contributed by atoms with Crippen molar-refractivity contribution >= 4 is 0 Å². The lowest BCUT2D eigenvalue weighted by Crippen LogP contribution is -2.17. The first-order valence-electron chi connectivity index (χ1n) is 4.99. The first-order valence-corrected chi connectivity index (χ1v) is 4.99. The predicted octanol–water partition coefficient (Wildman–Crippen LogP) is 2.94. The number of alkyl halides is 3. The molecule has 0 aliphatic carbocycles. The second kappa shape index (κ2) is 4.56. The third kappa shape index (κ3) is 2.91. The van der Waals surface area contributed by atoms with Crippen LogP contribution in [0, 0.1) is 0 Å². The summed E-state index contributed by atoms with van der Waals surface area (Å²) in [7, 11) is 0. The maximum absolute atomic E-state index is 12.2. The van der Waals surface area contributed by atoms with Gasteiger partial charge >= 0.3 is 6.36 Å². The third-order valence-corrected chi connectivity index (χ3v) is 2.20. The van der Waals surface area contributed by atoms with E-state index in [9.17, 15) is 18.0 Å². The van der Waals surface area contributed by atoms with E-state index in [0.29, 0.717) is 5.56 Å². The van der Waals surface area contributed by atoms with Gasteiger partial charge in [-0.3, -0.25) is 4.79 Å². The van der Waals surface area contributed by atoms with Crippen molar-refractivity contribution in [2.75, 3.05) is 0 Å². The first kappa shape index (κ1) is 12.2. The van der Waals surface area contributed by atoms with E-state index in [4.69, 9.17) is 0 Å². The van der Waals surface area contributed by atoms with Gasteiger partial charge < -0.3 is 9.72 Å². The standard InChI is InChI=1S/C12H8F3NO2/c13-12(14,15)18-10-4-2-1-3-9(10)8-5-6-16-11(17)7-8/h1-7H,(H,16,17). The Balaban J connectivity index is 2.48. The normalized spacial score (nSPS) is 11.3. The van der Waals surface area contributed by atoms with Crippen molar-refractivity contribution in [3.63, 3.8) is 0 Å². The van der Waals surface area contributed by atoms with E-state index in [0.717, 1.165) is 0 Å². The smallest absolute Gasteiger partial charge is 0.405 e. The van der Waals surface area contributed by atoms with Gasteiger partial charge in [0.25, 0.3) is 0 Å². The van der Waals surface area contributed by atoms with Crippen LogP contribution in [-0.4, -0.2) is 11.3 Å². The van der Waals surface area contributed by atoms with Crippen molar-refractivity contribution in [3.05, 3.63) is 52.9 Å². The number of benzene rings is 1. The van der Waals surface area contributed by atoms with Crippen LogP contribution in [0.3, 0.4) is 0 Å². The van der Waals surface area contributed by atoms with Crippen molar-refractivity contribution in [3.8, 4) is 16.9 Å². The Morgan fingerprint density at radius 1 is 1.11 bits per heavy atom. The van der Waals surface area contributed by atoms with E-state index in [1.807, 2.05) is 0 Å². The summed E-state index contributed by atoms with van der Waals surface area (Å²) in [4.78, 5) is 13.5. The fourth-order valence-electron chi connectivity index (χ4n) is 1.53. The fourth-order valence-corrected chi connectivity index (χ4v) is 1.53. The van der Waals surface area contributed by atoms with Gasteiger partial charge in [-0.15, -0.1) is 13.2 Å². The molecule has 94 valence electrons. The van der Waals surface area contributed by atoms with E-state index >= 15 is 0 Å². The van der Waals surface area contributed by atoms with Crippen molar-refractivity contribution in [2.45, 2.75) is 6.36 Å². The number of ether oxygens (including phenoxy) is 1. The Hall–Kier alpha value is -2.24. The molecule has 0 aliphatic rings. The SMILES string of the molecule is O=c1cc(-c2ccccc2OC(F)(F)F)cc[nH]1. The molecule has 1 aromatic heterocycles. The largest absolute Gasteiger partial charge is 0.573 e. The Labute approximate surface area is 99.8 Å². The van der Waals surface area contributed by atoms with Crippen molar-refractivity contribution in [1.82, 2.24) is 4.98 Å². The molecule has 0 unspecified atom stereocenters. The monoisotopic (exact) mass is 255 g/mol. The van der Waals surface area contributed by atoms with E-state index < -0.39 is 11.9 Å². The maximum atomic E-state index is 12.2. The predicted molar refractivity (Wildman–Crippen MR) is 59.2 cm³/mol. The van der Waals surface area contributed by atoms with Gasteiger partial charge in [-0.05, 0) is 17.7 Å². The zero-order valence-electron chi connectivity index (χ0n) is 8.99. The average Bonchev–Trinajstić information content (AvgIpc) is 2.27. The van der Waals surface area contributed by atoms with Crippen LogP contribution in [0.25, 0.3) is 11.1 Å². The minimum atomic E-state index is -4.77. The Morgan fingerprint density at radius 2 is 1.83 bits per heavy atom. The van der Waals surface area contributed by atoms with Gasteiger partial charge in [0, 0.05) is 17.8 Å². The summed E-state index contributed by atoms with van der Waals surface area (Å²) in [5, 5.41) is 0. The molecule has 2 aromatic rings. The van der Waals surface area contributed by atoms with Crippen LogP contribution >= 0.6 is 0 Å². The van der Waals surface area contributed by atoms with Crippen LogP contribution in [0.1, 0.15) is 0 Å². The van der Waals surface area contributed by atoms with Gasteiger partial charge in [-0.2, -0.15) is 0 Å². The van der Waals surface area contributed by atoms with Gasteiger partial charge in [-0.25, -0.2) is 0 Å². The highest BCUT2D eigenvalue weighted by molar-refractivity contribution is 5.69. The zero-order chi connectivity index (χ0) is 13.2. The van der Waals surface area contributed by atoms with Gasteiger partial charge in [-0.1, -0.05) is 18.2 Å². The molecule has 1 N–H and O–H groups in total. The van der Waals surface area contributed by atoms with Crippen LogP contribution in [0.2, 0.25) is 0 Å². The lowest BCUT2D eigenvalue weighted by Gasteiger charge is -2.12. The van der Waals surface area contributed by atoms with Crippen LogP contribution in [-0.2, 0) is 0 Å². The van der Waals surface area contributed by atoms with E-state index in [1.165, 1.54) is 36.5 Å². The molecule has 6 heteroatoms. The Bertz CT molecular complexity index is 605. The number of hydrogen-bond acceptors (Lipinski definition) is 2. The number of nitrogens with one attached hydrogen (secondary N) is 1. The molecule has 18 heavy (non-hydrogen) atoms. The first-order chi connectivity index (χ1) is 8.46. The summed E-state index contributed by atoms with van der Waals surface area (Å²) >= 11 is 0. The van der Waals surface area contributed by atoms with Gasteiger partial charge in [0.2, 0.25) is 5.56 Å². The van der Waals surface area contributed by atoms with Gasteiger partial charge in [0.05, 0.1) is 0 Å². The van der Waals surface area contributed by atoms with Crippen molar-refractivity contribution in [2.24, 2.45) is 0 Å². The van der Waals surface area contributed by atoms with Crippen LogP contribution in [0.4, 0.5) is 13.2 Å². The summed E-state index contributed by atoms with van der Waals surface area (Å²) in [5.74, 6) is -0.337. The summed E-state index contributed by atoms with van der Waals surface area (Å²) in [6.45, 7) is 0. The lowest BCUT2D eigenvalue weighted by atomic mass is 10.1. The number of H-pyrrole nitrogens is 1. The maximum Gasteiger partial charge on any atom is 0.573 e. The Morgan fingerprint density at radius 3 is 2.50 bits per heavy atom. The van der Waals surface area contributed by atoms with Crippen molar-refractivity contribution < 1.29 is 17.9 Å². The minimum Gasteiger partial charge on any atom is -0.405 e. The average molecular weight is 255 g/mol. The summed E-state index contributed by atoms with van der Waals surface area (Å²) < 4.78 is 40.6. The van der Waals surface area contributed by atoms with E-state index in [-0.39, 0.29) is 11.3 Å². The second-order valence-corrected chi connectivity index (χ2v) is 3.49. The van der Waals surface area contributed by atoms with Crippen molar-refractivity contribution in [1.29, 1.82) is 0 Å². The van der Waals surface area contributed by atoms with E-state index in [2.05, 4.69) is 9.72 Å². The topological polar surface area (TPSA) is 42.1 Å². The molecule has 0 saturated carbocycles. The molecule has 0 amide bonds. The van der Waals surface area contributed by atoms with Gasteiger partial charge in [0.15, 0.2) is 0 Å². The number of pyridine rings is 1. The molecular weight excluding hydrogens is 247 g/mol. The number of hydrogen-bond donors (Lipinski definition) is 1. The molecule has 0 aliphatic heterocycles. The quantitative estimate of drug-likeness (QED) is 0.896. The summed E-state index contributed by atoms with van der Waals surface area (Å²) in [6.07, 6.45) is -3.40. The molecule has 0 atom stereocenters. The molecule has 2 rings (SSSR count). The lowest BCUT2D eigenvalue weighted by molar-refractivity contribution is -0.274. The summed E-state index contributed by atoms with van der Waals surface area (Å²) in [5.41, 5.74) is 0.175. The highest BCUT2D eigenvalue weighted by atomic mass is 19.4. The molecule has 1 aromatic carbocycles. The number of aromatic amines is 1. The van der Waals surface area contributed by atoms with Crippen LogP contribution in [0.5, 0.6) is 5.75 Å². The fraction of sp³-hybridized carbons (Fsp3) is 0.0833. The third-order valence-electron chi connectivity index (χ3n) is 2.20. The number of aromatic nitrogens is 1. The molecule has 0 spiro atoms. The second-order valence-electron chi connectivity index (χ2n) is 3.49. The molecule has 0 saturated heterocycles. The number of halogens is 3. The highest BCUT2D eigenvalue weighted by Crippen LogP contribution is 2.32. The molecule has 0 bridgehead atoms. The summed E-state index contributed by atoms with van der Waals surface area (Å²) in [6, 6.07) is 8.36. The van der Waals surface area contributed by atoms with Crippen LogP contribution < -0.4 is 10.3 Å². The van der Waals surface area contributed by atoms with Crippen LogP contribution in [0.15, 0.2) is 47.4 Å². The van der Waals surface area contributed by atoms with E-state index in [1.54, 1.807) is 6.07 Å². The molecule has 3 nitrogen and oxygen atoms in total. The zero-order valence-corrected chi connectivity index (χ0v) is 8.99. The number of para-hydroxylation sites is 1. The molecular formula is C12H8F3NO2. The van der Waals surface area contributed by atoms with Gasteiger partial charge in [0.1, 0.15) is 5.75 Å². The molecule has 0 fully saturated rings.